The Morgan fingerprint density at radius 2 is 1.90 bits per heavy atom. The number of carbonyl (C=O) groups is 1. The second-order valence-electron chi connectivity index (χ2n) is 4.47. The Kier molecular flexibility index (Phi) is 5.15. The van der Waals surface area contributed by atoms with Gasteiger partial charge in [-0.3, -0.25) is 4.79 Å². The Morgan fingerprint density at radius 1 is 1.14 bits per heavy atom. The first-order chi connectivity index (χ1) is 10.2. The number of benzene rings is 2. The third kappa shape index (κ3) is 4.80. The summed E-state index contributed by atoms with van der Waals surface area (Å²) < 4.78 is 18.1. The van der Waals surface area contributed by atoms with Crippen LogP contribution < -0.4 is 15.4 Å². The molecule has 0 saturated carbocycles. The molecule has 5 heteroatoms. The van der Waals surface area contributed by atoms with Crippen LogP contribution in [0.15, 0.2) is 48.5 Å². The standard InChI is InChI=1S/C16H17FN2O2/c1-21-15-7-3-5-13(11-15)18-9-8-16(20)19-14-6-2-4-12(17)10-14/h2-7,10-11,18H,8-9H2,1H3,(H,19,20). The molecule has 1 amide bonds. The van der Waals surface area contributed by atoms with Gasteiger partial charge in [0.2, 0.25) is 5.91 Å². The molecule has 110 valence electrons. The topological polar surface area (TPSA) is 50.4 Å². The van der Waals surface area contributed by atoms with Crippen molar-refractivity contribution >= 4 is 17.3 Å². The molecule has 2 aromatic rings. The minimum atomic E-state index is -0.373. The second-order valence-corrected chi connectivity index (χ2v) is 4.47. The third-order valence-electron chi connectivity index (χ3n) is 2.86. The van der Waals surface area contributed by atoms with Crippen molar-refractivity contribution in [1.29, 1.82) is 0 Å². The van der Waals surface area contributed by atoms with E-state index < -0.39 is 0 Å². The molecule has 0 aliphatic rings. The minimum Gasteiger partial charge on any atom is -0.497 e. The molecule has 2 aromatic carbocycles. The van der Waals surface area contributed by atoms with Crippen LogP contribution in [0.5, 0.6) is 5.75 Å². The number of hydrogen-bond acceptors (Lipinski definition) is 3. The van der Waals surface area contributed by atoms with Gasteiger partial charge in [-0.05, 0) is 30.3 Å². The van der Waals surface area contributed by atoms with Gasteiger partial charge in [-0.25, -0.2) is 4.39 Å². The van der Waals surface area contributed by atoms with E-state index in [0.717, 1.165) is 11.4 Å². The number of nitrogens with one attached hydrogen (secondary N) is 2. The molecule has 21 heavy (non-hydrogen) atoms. The molecule has 0 aromatic heterocycles. The van der Waals surface area contributed by atoms with Crippen molar-refractivity contribution in [2.75, 3.05) is 24.3 Å². The van der Waals surface area contributed by atoms with Crippen molar-refractivity contribution in [1.82, 2.24) is 0 Å². The largest absolute Gasteiger partial charge is 0.497 e. The fourth-order valence-electron chi connectivity index (χ4n) is 1.84. The molecule has 0 spiro atoms. The average Bonchev–Trinajstić information content (AvgIpc) is 2.47. The Morgan fingerprint density at radius 3 is 2.67 bits per heavy atom. The first-order valence-electron chi connectivity index (χ1n) is 6.61. The highest BCUT2D eigenvalue weighted by molar-refractivity contribution is 5.90. The first-order valence-corrected chi connectivity index (χ1v) is 6.61. The summed E-state index contributed by atoms with van der Waals surface area (Å²) in [5.74, 6) is 0.211. The fourth-order valence-corrected chi connectivity index (χ4v) is 1.84. The predicted octanol–water partition coefficient (Wildman–Crippen LogP) is 3.28. The summed E-state index contributed by atoms with van der Waals surface area (Å²) in [4.78, 5) is 11.7. The summed E-state index contributed by atoms with van der Waals surface area (Å²) in [5.41, 5.74) is 1.34. The predicted molar refractivity (Wildman–Crippen MR) is 81.1 cm³/mol. The zero-order chi connectivity index (χ0) is 15.1. The SMILES string of the molecule is COc1cccc(NCCC(=O)Nc2cccc(F)c2)c1. The zero-order valence-electron chi connectivity index (χ0n) is 11.7. The van der Waals surface area contributed by atoms with Gasteiger partial charge in [0.1, 0.15) is 11.6 Å². The van der Waals surface area contributed by atoms with Crippen LogP contribution >= 0.6 is 0 Å². The molecule has 0 radical (unpaired) electrons. The van der Waals surface area contributed by atoms with E-state index >= 15 is 0 Å². The number of halogens is 1. The zero-order valence-corrected chi connectivity index (χ0v) is 11.7. The monoisotopic (exact) mass is 288 g/mol. The Labute approximate surface area is 122 Å². The number of methoxy groups -OCH3 is 1. The lowest BCUT2D eigenvalue weighted by atomic mass is 10.2. The highest BCUT2D eigenvalue weighted by Crippen LogP contribution is 2.16. The van der Waals surface area contributed by atoms with Crippen molar-refractivity contribution in [3.05, 3.63) is 54.3 Å². The number of carbonyl (C=O) groups excluding carboxylic acids is 1. The fraction of sp³-hybridized carbons (Fsp3) is 0.188. The van der Waals surface area contributed by atoms with Gasteiger partial charge in [-0.1, -0.05) is 12.1 Å². The van der Waals surface area contributed by atoms with E-state index in [2.05, 4.69) is 10.6 Å². The summed E-state index contributed by atoms with van der Waals surface area (Å²) in [7, 11) is 1.60. The van der Waals surface area contributed by atoms with Gasteiger partial charge in [0, 0.05) is 30.4 Å². The smallest absolute Gasteiger partial charge is 0.226 e. The van der Waals surface area contributed by atoms with Crippen molar-refractivity contribution in [3.8, 4) is 5.75 Å². The lowest BCUT2D eigenvalue weighted by Gasteiger charge is -2.08. The Bertz CT molecular complexity index is 617. The molecule has 2 rings (SSSR count). The molecular formula is C16H17FN2O2. The molecule has 0 saturated heterocycles. The Hall–Kier alpha value is -2.56. The maximum Gasteiger partial charge on any atom is 0.226 e. The van der Waals surface area contributed by atoms with Crippen LogP contribution in [0.25, 0.3) is 0 Å². The van der Waals surface area contributed by atoms with E-state index in [1.54, 1.807) is 19.2 Å². The molecule has 0 heterocycles. The summed E-state index contributed by atoms with van der Waals surface area (Å²) >= 11 is 0. The number of amides is 1. The van der Waals surface area contributed by atoms with Crippen molar-refractivity contribution in [2.24, 2.45) is 0 Å². The molecule has 4 nitrogen and oxygen atoms in total. The van der Waals surface area contributed by atoms with Crippen molar-refractivity contribution in [2.45, 2.75) is 6.42 Å². The molecule has 0 unspecified atom stereocenters. The van der Waals surface area contributed by atoms with Crippen LogP contribution in [-0.4, -0.2) is 19.6 Å². The number of ether oxygens (including phenoxy) is 1. The second kappa shape index (κ2) is 7.28. The number of hydrogen-bond donors (Lipinski definition) is 2. The molecule has 0 aliphatic carbocycles. The van der Waals surface area contributed by atoms with Gasteiger partial charge in [0.25, 0.3) is 0 Å². The third-order valence-corrected chi connectivity index (χ3v) is 2.86. The molecule has 0 atom stereocenters. The van der Waals surface area contributed by atoms with E-state index in [1.165, 1.54) is 12.1 Å². The first kappa shape index (κ1) is 14.8. The van der Waals surface area contributed by atoms with E-state index in [-0.39, 0.29) is 18.1 Å². The van der Waals surface area contributed by atoms with E-state index in [4.69, 9.17) is 4.74 Å². The van der Waals surface area contributed by atoms with Crippen LogP contribution in [-0.2, 0) is 4.79 Å². The van der Waals surface area contributed by atoms with Crippen LogP contribution in [0.2, 0.25) is 0 Å². The summed E-state index contributed by atoms with van der Waals surface area (Å²) in [6.45, 7) is 0.480. The van der Waals surface area contributed by atoms with Gasteiger partial charge in [-0.2, -0.15) is 0 Å². The minimum absolute atomic E-state index is 0.170. The summed E-state index contributed by atoms with van der Waals surface area (Å²) in [6, 6.07) is 13.3. The molecule has 0 aliphatic heterocycles. The van der Waals surface area contributed by atoms with Gasteiger partial charge in [0.15, 0.2) is 0 Å². The maximum absolute atomic E-state index is 13.0. The van der Waals surface area contributed by atoms with Gasteiger partial charge >= 0.3 is 0 Å². The molecule has 0 bridgehead atoms. The van der Waals surface area contributed by atoms with Crippen LogP contribution in [0.4, 0.5) is 15.8 Å². The summed E-state index contributed by atoms with van der Waals surface area (Å²) in [6.07, 6.45) is 0.285. The highest BCUT2D eigenvalue weighted by Gasteiger charge is 2.03. The van der Waals surface area contributed by atoms with Crippen LogP contribution in [0, 0.1) is 5.82 Å². The molecule has 2 N–H and O–H groups in total. The van der Waals surface area contributed by atoms with Gasteiger partial charge in [0.05, 0.1) is 7.11 Å². The highest BCUT2D eigenvalue weighted by atomic mass is 19.1. The van der Waals surface area contributed by atoms with E-state index in [0.29, 0.717) is 12.2 Å². The van der Waals surface area contributed by atoms with E-state index in [1.807, 2.05) is 24.3 Å². The normalized spacial score (nSPS) is 10.0. The lowest BCUT2D eigenvalue weighted by molar-refractivity contribution is -0.115. The van der Waals surface area contributed by atoms with Crippen LogP contribution in [0.3, 0.4) is 0 Å². The van der Waals surface area contributed by atoms with Crippen molar-refractivity contribution in [3.63, 3.8) is 0 Å². The van der Waals surface area contributed by atoms with Crippen molar-refractivity contribution < 1.29 is 13.9 Å². The number of rotatable bonds is 6. The van der Waals surface area contributed by atoms with Gasteiger partial charge in [-0.15, -0.1) is 0 Å². The van der Waals surface area contributed by atoms with Crippen LogP contribution in [0.1, 0.15) is 6.42 Å². The van der Waals surface area contributed by atoms with Gasteiger partial charge < -0.3 is 15.4 Å². The maximum atomic E-state index is 13.0. The lowest BCUT2D eigenvalue weighted by Crippen LogP contribution is -2.16. The number of anilines is 2. The Balaban J connectivity index is 1.79. The van der Waals surface area contributed by atoms with E-state index in [9.17, 15) is 9.18 Å². The summed E-state index contributed by atoms with van der Waals surface area (Å²) in [5, 5.41) is 5.78. The quantitative estimate of drug-likeness (QED) is 0.857. The molecule has 0 fully saturated rings. The average molecular weight is 288 g/mol. The molecular weight excluding hydrogens is 271 g/mol.